The number of alkyl halides is 1. The van der Waals surface area contributed by atoms with Gasteiger partial charge in [0.2, 0.25) is 11.7 Å². The largest absolute Gasteiger partial charge is 0.490 e. The van der Waals surface area contributed by atoms with Crippen LogP contribution in [0.2, 0.25) is 0 Å². The molecule has 4 rings (SSSR count). The number of amides is 1. The van der Waals surface area contributed by atoms with Gasteiger partial charge in [0.05, 0.1) is 30.9 Å². The molecule has 0 aliphatic carbocycles. The van der Waals surface area contributed by atoms with Gasteiger partial charge in [-0.3, -0.25) is 4.79 Å². The highest BCUT2D eigenvalue weighted by Gasteiger charge is 2.20. The number of nitrogens with one attached hydrogen (secondary N) is 1. The van der Waals surface area contributed by atoms with Crippen LogP contribution in [0.1, 0.15) is 30.5 Å². The number of benzene rings is 2. The van der Waals surface area contributed by atoms with Gasteiger partial charge in [-0.15, -0.1) is 0 Å². The van der Waals surface area contributed by atoms with Crippen LogP contribution < -0.4 is 10.1 Å². The van der Waals surface area contributed by atoms with E-state index >= 15 is 0 Å². The quantitative estimate of drug-likeness (QED) is 0.236. The first-order valence-corrected chi connectivity index (χ1v) is 14.9. The fraction of sp³-hybridized carbons (Fsp3) is 0.429. The van der Waals surface area contributed by atoms with Crippen LogP contribution in [0.15, 0.2) is 40.9 Å². The Bertz CT molecular complexity index is 1290. The molecule has 208 valence electrons. The predicted molar refractivity (Wildman–Crippen MR) is 156 cm³/mol. The van der Waals surface area contributed by atoms with Crippen LogP contribution in [0.5, 0.6) is 5.75 Å². The summed E-state index contributed by atoms with van der Waals surface area (Å²) in [6.07, 6.45) is 0.507. The Kier molecular flexibility index (Phi) is 11.7. The number of carbonyl (C=O) groups is 1. The number of halogens is 1. The molecule has 0 unspecified atom stereocenters. The van der Waals surface area contributed by atoms with Crippen molar-refractivity contribution in [2.75, 3.05) is 37.7 Å². The van der Waals surface area contributed by atoms with Gasteiger partial charge in [-0.1, -0.05) is 39.9 Å². The Balaban J connectivity index is 0.00000205. The third kappa shape index (κ3) is 8.22. The van der Waals surface area contributed by atoms with Gasteiger partial charge in [0.1, 0.15) is 11.8 Å². The monoisotopic (exact) mass is 647 g/mol. The van der Waals surface area contributed by atoms with E-state index in [0.717, 1.165) is 17.5 Å². The molecular formula is C28H34IN5O5. The lowest BCUT2D eigenvalue weighted by Crippen LogP contribution is -2.41. The molecule has 0 fully saturated rings. The molecule has 10 nitrogen and oxygen atoms in total. The number of aliphatic hydroxyl groups is 2. The molecule has 0 radical (unpaired) electrons. The maximum Gasteiger partial charge on any atom is 0.258 e. The van der Waals surface area contributed by atoms with Crippen molar-refractivity contribution in [1.82, 2.24) is 20.4 Å². The van der Waals surface area contributed by atoms with Crippen molar-refractivity contribution in [2.24, 2.45) is 0 Å². The van der Waals surface area contributed by atoms with E-state index in [9.17, 15) is 15.2 Å². The van der Waals surface area contributed by atoms with Crippen LogP contribution in [0.25, 0.3) is 22.8 Å². The summed E-state index contributed by atoms with van der Waals surface area (Å²) in [5, 5.41) is 34.9. The number of fused-ring (bicyclic) bond motifs is 1. The van der Waals surface area contributed by atoms with Gasteiger partial charge < -0.3 is 29.7 Å². The van der Waals surface area contributed by atoms with Crippen molar-refractivity contribution >= 4 is 28.5 Å². The van der Waals surface area contributed by atoms with Crippen molar-refractivity contribution in [3.05, 3.63) is 53.1 Å². The normalized spacial score (nSPS) is 13.5. The molecule has 3 aromatic rings. The number of hydrogen-bond acceptors (Lipinski definition) is 9. The minimum absolute atomic E-state index is 0.0393. The number of nitriles is 1. The summed E-state index contributed by atoms with van der Waals surface area (Å²) in [7, 11) is 0. The molecule has 0 saturated heterocycles. The molecule has 2 heterocycles. The maximum absolute atomic E-state index is 12.6. The minimum Gasteiger partial charge on any atom is -0.490 e. The third-order valence-electron chi connectivity index (χ3n) is 6.12. The van der Waals surface area contributed by atoms with E-state index in [4.69, 9.17) is 14.4 Å². The number of hydrogen-bond donors (Lipinski definition) is 3. The van der Waals surface area contributed by atoms with Gasteiger partial charge in [0, 0.05) is 30.8 Å². The molecule has 0 spiro atoms. The lowest BCUT2D eigenvalue weighted by Gasteiger charge is -2.20. The van der Waals surface area contributed by atoms with Gasteiger partial charge in [-0.25, -0.2) is 0 Å². The number of aromatic nitrogens is 2. The van der Waals surface area contributed by atoms with E-state index in [0.29, 0.717) is 48.1 Å². The zero-order valence-electron chi connectivity index (χ0n) is 22.4. The topological polar surface area (TPSA) is 145 Å². The lowest BCUT2D eigenvalue weighted by molar-refractivity contribution is -0.130. The van der Waals surface area contributed by atoms with Gasteiger partial charge in [-0.2, -0.15) is 10.2 Å². The Morgan fingerprint density at radius 1 is 1.18 bits per heavy atom. The summed E-state index contributed by atoms with van der Waals surface area (Å²) in [6, 6.07) is 13.4. The Hall–Kier alpha value is -3.05. The molecule has 1 aliphatic heterocycles. The van der Waals surface area contributed by atoms with Crippen LogP contribution >= 0.6 is 22.6 Å². The van der Waals surface area contributed by atoms with Crippen molar-refractivity contribution in [3.63, 3.8) is 0 Å². The molecule has 1 aliphatic rings. The SMILES string of the molecule is CC(C)Oc1ccc(-c2nc(-c3ccc4c(c3)CCN(C(=O)CNC[C@H](O)CO)CC4)no2)cc1C#N.CI. The number of nitrogens with zero attached hydrogens (tertiary/aromatic N) is 4. The van der Waals surface area contributed by atoms with Crippen LogP contribution in [0, 0.1) is 11.3 Å². The minimum atomic E-state index is -0.878. The van der Waals surface area contributed by atoms with E-state index < -0.39 is 6.10 Å². The molecular weight excluding hydrogens is 613 g/mol. The first-order valence-electron chi connectivity index (χ1n) is 12.7. The fourth-order valence-electron chi connectivity index (χ4n) is 4.20. The number of ether oxygens (including phenoxy) is 1. The van der Waals surface area contributed by atoms with Crippen molar-refractivity contribution < 1.29 is 24.3 Å². The average Bonchev–Trinajstić information content (AvgIpc) is 3.34. The second-order valence-electron chi connectivity index (χ2n) is 9.24. The van der Waals surface area contributed by atoms with Crippen LogP contribution in [-0.2, 0) is 17.6 Å². The first kappa shape index (κ1) is 30.5. The van der Waals surface area contributed by atoms with E-state index in [1.807, 2.05) is 41.9 Å². The number of aliphatic hydroxyl groups excluding tert-OH is 2. The standard InChI is InChI=1S/C27H31N5O5.CH3I/c1-17(2)36-24-6-5-21(12-22(24)13-28)27-30-26(31-37-27)20-4-3-18-7-9-32(10-8-19(18)11-20)25(35)15-29-14-23(34)16-33;1-2/h3-6,11-12,17,23,29,33-34H,7-10,14-16H2,1-2H3;1H3/t23-;/m0./s1. The summed E-state index contributed by atoms with van der Waals surface area (Å²) in [5.41, 5.74) is 4.15. The molecule has 39 heavy (non-hydrogen) atoms. The van der Waals surface area contributed by atoms with Gasteiger partial charge in [0.15, 0.2) is 0 Å². The zero-order valence-corrected chi connectivity index (χ0v) is 24.5. The number of carbonyl (C=O) groups excluding carboxylic acids is 1. The maximum atomic E-state index is 12.6. The van der Waals surface area contributed by atoms with Crippen LogP contribution in [0.4, 0.5) is 0 Å². The molecule has 0 bridgehead atoms. The van der Waals surface area contributed by atoms with Crippen LogP contribution in [-0.4, -0.2) is 81.1 Å². The fourth-order valence-corrected chi connectivity index (χ4v) is 4.20. The summed E-state index contributed by atoms with van der Waals surface area (Å²) in [5.74, 6) is 1.23. The van der Waals surface area contributed by atoms with E-state index in [1.165, 1.54) is 5.56 Å². The summed E-state index contributed by atoms with van der Waals surface area (Å²) in [4.78, 5) is 20.9. The summed E-state index contributed by atoms with van der Waals surface area (Å²) in [6.45, 7) is 4.94. The van der Waals surface area contributed by atoms with Gasteiger partial charge in [-0.05, 0) is 67.0 Å². The highest BCUT2D eigenvalue weighted by atomic mass is 127. The number of rotatable bonds is 9. The van der Waals surface area contributed by atoms with Crippen molar-refractivity contribution in [2.45, 2.75) is 38.9 Å². The Labute approximate surface area is 242 Å². The molecule has 3 N–H and O–H groups in total. The van der Waals surface area contributed by atoms with E-state index in [2.05, 4.69) is 44.1 Å². The van der Waals surface area contributed by atoms with Crippen LogP contribution in [0.3, 0.4) is 0 Å². The first-order chi connectivity index (χ1) is 18.9. The van der Waals surface area contributed by atoms with Gasteiger partial charge >= 0.3 is 0 Å². The average molecular weight is 648 g/mol. The summed E-state index contributed by atoms with van der Waals surface area (Å²) < 4.78 is 11.2. The van der Waals surface area contributed by atoms with Crippen molar-refractivity contribution in [1.29, 1.82) is 5.26 Å². The second kappa shape index (κ2) is 14.9. The van der Waals surface area contributed by atoms with E-state index in [1.54, 1.807) is 18.2 Å². The molecule has 0 saturated carbocycles. The molecule has 1 aromatic heterocycles. The Morgan fingerprint density at radius 3 is 2.59 bits per heavy atom. The van der Waals surface area contributed by atoms with Crippen molar-refractivity contribution in [3.8, 4) is 34.7 Å². The predicted octanol–water partition coefficient (Wildman–Crippen LogP) is 2.98. The third-order valence-corrected chi connectivity index (χ3v) is 6.12. The van der Waals surface area contributed by atoms with E-state index in [-0.39, 0.29) is 31.7 Å². The molecule has 1 amide bonds. The highest BCUT2D eigenvalue weighted by molar-refractivity contribution is 14.1. The molecule has 11 heteroatoms. The summed E-state index contributed by atoms with van der Waals surface area (Å²) >= 11 is 2.15. The Morgan fingerprint density at radius 2 is 1.90 bits per heavy atom. The highest BCUT2D eigenvalue weighted by Crippen LogP contribution is 2.29. The smallest absolute Gasteiger partial charge is 0.258 e. The molecule has 1 atom stereocenters. The lowest BCUT2D eigenvalue weighted by atomic mass is 10.00. The zero-order chi connectivity index (χ0) is 28.4. The molecule has 2 aromatic carbocycles. The second-order valence-corrected chi connectivity index (χ2v) is 9.24. The van der Waals surface area contributed by atoms with Gasteiger partial charge in [0.25, 0.3) is 5.89 Å².